The summed E-state index contributed by atoms with van der Waals surface area (Å²) < 4.78 is 5.76. The van der Waals surface area contributed by atoms with Crippen molar-refractivity contribution in [3.05, 3.63) is 64.7 Å². The molecular formula is C18H20Cl2N2O2. The Hall–Kier alpha value is -1.75. The van der Waals surface area contributed by atoms with Gasteiger partial charge in [-0.1, -0.05) is 29.8 Å². The third-order valence-corrected chi connectivity index (χ3v) is 4.06. The monoisotopic (exact) mass is 366 g/mol. The van der Waals surface area contributed by atoms with Gasteiger partial charge in [0.15, 0.2) is 0 Å². The first-order valence-corrected chi connectivity index (χ1v) is 8.07. The van der Waals surface area contributed by atoms with Crippen molar-refractivity contribution in [1.82, 2.24) is 10.6 Å². The van der Waals surface area contributed by atoms with Gasteiger partial charge in [0.2, 0.25) is 0 Å². The van der Waals surface area contributed by atoms with Gasteiger partial charge in [0.05, 0.1) is 0 Å². The van der Waals surface area contributed by atoms with E-state index in [1.54, 1.807) is 12.1 Å². The molecule has 1 atom stereocenters. The maximum absolute atomic E-state index is 12.3. The molecule has 4 nitrogen and oxygen atoms in total. The lowest BCUT2D eigenvalue weighted by atomic mass is 10.1. The summed E-state index contributed by atoms with van der Waals surface area (Å²) in [6.45, 7) is 2.22. The van der Waals surface area contributed by atoms with Crippen LogP contribution >= 0.6 is 24.0 Å². The molecule has 0 aromatic heterocycles. The summed E-state index contributed by atoms with van der Waals surface area (Å²) in [4.78, 5) is 12.3. The van der Waals surface area contributed by atoms with Gasteiger partial charge < -0.3 is 15.4 Å². The zero-order chi connectivity index (χ0) is 16.1. The van der Waals surface area contributed by atoms with Gasteiger partial charge in [0.25, 0.3) is 5.91 Å². The van der Waals surface area contributed by atoms with Crippen LogP contribution in [-0.4, -0.2) is 25.0 Å². The molecular weight excluding hydrogens is 347 g/mol. The Morgan fingerprint density at radius 2 is 2.04 bits per heavy atom. The Morgan fingerprint density at radius 1 is 1.25 bits per heavy atom. The number of carbonyl (C=O) groups excluding carboxylic acids is 1. The highest BCUT2D eigenvalue weighted by Crippen LogP contribution is 2.17. The van der Waals surface area contributed by atoms with Gasteiger partial charge >= 0.3 is 0 Å². The van der Waals surface area contributed by atoms with Crippen LogP contribution in [0.5, 0.6) is 5.75 Å². The Kier molecular flexibility index (Phi) is 6.91. The predicted octanol–water partition coefficient (Wildman–Crippen LogP) is 3.43. The van der Waals surface area contributed by atoms with Crippen molar-refractivity contribution in [3.63, 3.8) is 0 Å². The molecule has 0 saturated carbocycles. The maximum atomic E-state index is 12.3. The van der Waals surface area contributed by atoms with Crippen LogP contribution in [0.1, 0.15) is 22.3 Å². The largest absolute Gasteiger partial charge is 0.489 e. The van der Waals surface area contributed by atoms with Gasteiger partial charge in [-0.05, 0) is 48.9 Å². The van der Waals surface area contributed by atoms with Crippen LogP contribution in [0.25, 0.3) is 0 Å². The van der Waals surface area contributed by atoms with Crippen molar-refractivity contribution in [2.45, 2.75) is 19.1 Å². The number of amides is 1. The van der Waals surface area contributed by atoms with Crippen LogP contribution in [0.3, 0.4) is 0 Å². The van der Waals surface area contributed by atoms with Crippen molar-refractivity contribution < 1.29 is 9.53 Å². The molecule has 6 heteroatoms. The Balaban J connectivity index is 0.00000208. The van der Waals surface area contributed by atoms with Crippen molar-refractivity contribution in [2.75, 3.05) is 13.1 Å². The number of hydrogen-bond donors (Lipinski definition) is 2. The fourth-order valence-corrected chi connectivity index (χ4v) is 2.65. The predicted molar refractivity (Wildman–Crippen MR) is 98.2 cm³/mol. The second-order valence-electron chi connectivity index (χ2n) is 5.61. The Labute approximate surface area is 153 Å². The van der Waals surface area contributed by atoms with Crippen molar-refractivity contribution in [3.8, 4) is 5.75 Å². The highest BCUT2D eigenvalue weighted by molar-refractivity contribution is 6.30. The second kappa shape index (κ2) is 8.92. The molecule has 128 valence electrons. The molecule has 0 aliphatic carbocycles. The molecule has 1 aliphatic rings. The quantitative estimate of drug-likeness (QED) is 0.851. The second-order valence-corrected chi connectivity index (χ2v) is 6.04. The molecule has 2 aromatic rings. The number of benzene rings is 2. The lowest BCUT2D eigenvalue weighted by molar-refractivity contribution is 0.0939. The number of ether oxygens (including phenoxy) is 1. The average molecular weight is 367 g/mol. The van der Waals surface area contributed by atoms with Crippen molar-refractivity contribution >= 4 is 29.9 Å². The third-order valence-electron chi connectivity index (χ3n) is 3.81. The van der Waals surface area contributed by atoms with Crippen molar-refractivity contribution in [2.24, 2.45) is 0 Å². The standard InChI is InChI=1S/C18H19ClN2O2.ClH/c19-15-6-4-13(5-7-15)12-23-17-3-1-2-14(10-17)18(22)21-16-8-9-20-11-16;/h1-7,10,16,20H,8-9,11-12H2,(H,21,22);1H. The van der Waals surface area contributed by atoms with Crippen LogP contribution in [0.4, 0.5) is 0 Å². The fourth-order valence-electron chi connectivity index (χ4n) is 2.52. The molecule has 1 heterocycles. The number of hydrogen-bond acceptors (Lipinski definition) is 3. The minimum absolute atomic E-state index is 0. The molecule has 1 unspecified atom stereocenters. The van der Waals surface area contributed by atoms with E-state index in [0.29, 0.717) is 22.9 Å². The zero-order valence-corrected chi connectivity index (χ0v) is 14.7. The topological polar surface area (TPSA) is 50.4 Å². The number of carbonyl (C=O) groups is 1. The molecule has 1 amide bonds. The van der Waals surface area contributed by atoms with Gasteiger partial charge in [0.1, 0.15) is 12.4 Å². The summed E-state index contributed by atoms with van der Waals surface area (Å²) in [7, 11) is 0. The normalized spacial score (nSPS) is 16.3. The first-order chi connectivity index (χ1) is 11.2. The first kappa shape index (κ1) is 18.6. The van der Waals surface area contributed by atoms with Crippen LogP contribution in [0.2, 0.25) is 5.02 Å². The number of rotatable bonds is 5. The minimum Gasteiger partial charge on any atom is -0.489 e. The molecule has 0 spiro atoms. The van der Waals surface area contributed by atoms with Gasteiger partial charge in [-0.25, -0.2) is 0 Å². The first-order valence-electron chi connectivity index (χ1n) is 7.69. The van der Waals surface area contributed by atoms with Crippen LogP contribution in [-0.2, 0) is 6.61 Å². The van der Waals surface area contributed by atoms with E-state index in [1.807, 2.05) is 36.4 Å². The summed E-state index contributed by atoms with van der Waals surface area (Å²) in [6.07, 6.45) is 0.971. The number of halogens is 2. The van der Waals surface area contributed by atoms with Gasteiger partial charge in [-0.2, -0.15) is 0 Å². The van der Waals surface area contributed by atoms with E-state index in [-0.39, 0.29) is 24.4 Å². The number of nitrogens with one attached hydrogen (secondary N) is 2. The molecule has 0 bridgehead atoms. The van der Waals surface area contributed by atoms with Gasteiger partial charge in [-0.3, -0.25) is 4.79 Å². The molecule has 2 aromatic carbocycles. The van der Waals surface area contributed by atoms with Gasteiger partial charge in [0, 0.05) is 23.2 Å². The summed E-state index contributed by atoms with van der Waals surface area (Å²) in [5, 5.41) is 6.97. The smallest absolute Gasteiger partial charge is 0.251 e. The average Bonchev–Trinajstić information content (AvgIpc) is 3.07. The lowest BCUT2D eigenvalue weighted by Gasteiger charge is -2.12. The summed E-state index contributed by atoms with van der Waals surface area (Å²) >= 11 is 5.86. The SMILES string of the molecule is Cl.O=C(NC1CCNC1)c1cccc(OCc2ccc(Cl)cc2)c1. The van der Waals surface area contributed by atoms with Crippen molar-refractivity contribution in [1.29, 1.82) is 0 Å². The molecule has 1 aliphatic heterocycles. The molecule has 3 rings (SSSR count). The van der Waals surface area contributed by atoms with E-state index in [4.69, 9.17) is 16.3 Å². The highest BCUT2D eigenvalue weighted by Gasteiger charge is 2.17. The zero-order valence-electron chi connectivity index (χ0n) is 13.1. The van der Waals surface area contributed by atoms with E-state index < -0.39 is 0 Å². The van der Waals surface area contributed by atoms with E-state index >= 15 is 0 Å². The third kappa shape index (κ3) is 5.13. The van der Waals surface area contributed by atoms with E-state index in [1.165, 1.54) is 0 Å². The minimum atomic E-state index is -0.0596. The summed E-state index contributed by atoms with van der Waals surface area (Å²) in [6, 6.07) is 15.0. The molecule has 0 radical (unpaired) electrons. The highest BCUT2D eigenvalue weighted by atomic mass is 35.5. The van der Waals surface area contributed by atoms with E-state index in [2.05, 4.69) is 10.6 Å². The molecule has 24 heavy (non-hydrogen) atoms. The van der Waals surface area contributed by atoms with Gasteiger partial charge in [-0.15, -0.1) is 12.4 Å². The van der Waals surface area contributed by atoms with Crippen LogP contribution in [0.15, 0.2) is 48.5 Å². The summed E-state index contributed by atoms with van der Waals surface area (Å²) in [5.74, 6) is 0.618. The van der Waals surface area contributed by atoms with E-state index in [0.717, 1.165) is 25.1 Å². The Morgan fingerprint density at radius 3 is 2.75 bits per heavy atom. The fraction of sp³-hybridized carbons (Fsp3) is 0.278. The lowest BCUT2D eigenvalue weighted by Crippen LogP contribution is -2.36. The molecule has 1 fully saturated rings. The van der Waals surface area contributed by atoms with Crippen LogP contribution < -0.4 is 15.4 Å². The van der Waals surface area contributed by atoms with Crippen LogP contribution in [0, 0.1) is 0 Å². The Bertz CT molecular complexity index is 671. The summed E-state index contributed by atoms with van der Waals surface area (Å²) in [5.41, 5.74) is 1.65. The molecule has 1 saturated heterocycles. The van der Waals surface area contributed by atoms with E-state index in [9.17, 15) is 4.79 Å². The molecule has 2 N–H and O–H groups in total. The maximum Gasteiger partial charge on any atom is 0.251 e.